The maximum absolute atomic E-state index is 13.1. The summed E-state index contributed by atoms with van der Waals surface area (Å²) in [7, 11) is 0. The van der Waals surface area contributed by atoms with Crippen molar-refractivity contribution in [3.63, 3.8) is 0 Å². The highest BCUT2D eigenvalue weighted by molar-refractivity contribution is 14.1. The van der Waals surface area contributed by atoms with E-state index in [2.05, 4.69) is 9.97 Å². The average molecular weight is 367 g/mol. The number of H-pyrrole nitrogens is 1. The first-order valence-corrected chi connectivity index (χ1v) is 5.88. The Hall–Kier alpha value is -1.15. The summed E-state index contributed by atoms with van der Waals surface area (Å²) in [5.41, 5.74) is -0.202. The number of hydrogen-bond acceptors (Lipinski definition) is 3. The Bertz CT molecular complexity index is 624. The average Bonchev–Trinajstić information content (AvgIpc) is 2.23. The van der Waals surface area contributed by atoms with Crippen LogP contribution in [0.4, 0.5) is 4.39 Å². The van der Waals surface area contributed by atoms with E-state index in [0.29, 0.717) is 5.56 Å². The molecule has 0 spiro atoms. The first-order valence-electron chi connectivity index (χ1n) is 4.42. The molecule has 0 atom stereocenters. The van der Waals surface area contributed by atoms with Gasteiger partial charge in [0.2, 0.25) is 5.88 Å². The van der Waals surface area contributed by atoms with Gasteiger partial charge in [-0.05, 0) is 40.8 Å². The molecule has 2 aromatic rings. The standard InChI is InChI=1S/C10H5ClFIN2O2/c11-5-1-4(2-6(12)3-5)8-14-9(16)7(13)10(17)15-8/h1-3H,(H2,14,15,16,17). The van der Waals surface area contributed by atoms with E-state index < -0.39 is 17.3 Å². The van der Waals surface area contributed by atoms with E-state index in [1.807, 2.05) is 0 Å². The second-order valence-electron chi connectivity index (χ2n) is 3.21. The predicted octanol–water partition coefficient (Wildman–Crippen LogP) is 2.54. The zero-order valence-electron chi connectivity index (χ0n) is 8.17. The number of aromatic nitrogens is 2. The first kappa shape index (κ1) is 12.3. The summed E-state index contributed by atoms with van der Waals surface area (Å²) in [5.74, 6) is -0.882. The van der Waals surface area contributed by atoms with Gasteiger partial charge in [0, 0.05) is 10.6 Å². The molecule has 2 N–H and O–H groups in total. The van der Waals surface area contributed by atoms with E-state index in [4.69, 9.17) is 11.6 Å². The van der Waals surface area contributed by atoms with Gasteiger partial charge in [-0.2, -0.15) is 4.98 Å². The normalized spacial score (nSPS) is 10.5. The van der Waals surface area contributed by atoms with Crippen molar-refractivity contribution >= 4 is 34.2 Å². The molecule has 0 amide bonds. The lowest BCUT2D eigenvalue weighted by Crippen LogP contribution is -2.12. The van der Waals surface area contributed by atoms with Crippen LogP contribution < -0.4 is 5.56 Å². The Kier molecular flexibility index (Phi) is 3.34. The molecule has 0 saturated carbocycles. The van der Waals surface area contributed by atoms with E-state index in [0.717, 1.165) is 12.1 Å². The summed E-state index contributed by atoms with van der Waals surface area (Å²) in [6.45, 7) is 0. The van der Waals surface area contributed by atoms with Gasteiger partial charge in [0.25, 0.3) is 5.56 Å². The van der Waals surface area contributed by atoms with Gasteiger partial charge in [0.15, 0.2) is 0 Å². The van der Waals surface area contributed by atoms with Crippen molar-refractivity contribution in [3.8, 4) is 17.3 Å². The second-order valence-corrected chi connectivity index (χ2v) is 4.73. The number of rotatable bonds is 1. The Morgan fingerprint density at radius 3 is 2.71 bits per heavy atom. The molecule has 2 rings (SSSR count). The molecule has 7 heteroatoms. The highest BCUT2D eigenvalue weighted by atomic mass is 127. The summed E-state index contributed by atoms with van der Waals surface area (Å²) >= 11 is 7.35. The van der Waals surface area contributed by atoms with Gasteiger partial charge in [0.1, 0.15) is 15.2 Å². The molecular weight excluding hydrogens is 361 g/mol. The zero-order chi connectivity index (χ0) is 12.6. The lowest BCUT2D eigenvalue weighted by molar-refractivity contribution is 0.447. The van der Waals surface area contributed by atoms with Crippen LogP contribution in [0.1, 0.15) is 0 Å². The Labute approximate surface area is 114 Å². The van der Waals surface area contributed by atoms with Crippen LogP contribution in [0.25, 0.3) is 11.4 Å². The minimum atomic E-state index is -0.548. The summed E-state index contributed by atoms with van der Waals surface area (Å²) in [6.07, 6.45) is 0. The number of aromatic amines is 1. The molecule has 0 fully saturated rings. The van der Waals surface area contributed by atoms with Crippen molar-refractivity contribution in [3.05, 3.63) is 43.0 Å². The van der Waals surface area contributed by atoms with Gasteiger partial charge in [-0.3, -0.25) is 4.79 Å². The number of benzene rings is 1. The smallest absolute Gasteiger partial charge is 0.268 e. The van der Waals surface area contributed by atoms with Crippen LogP contribution in [0.2, 0.25) is 5.02 Å². The number of hydrogen-bond donors (Lipinski definition) is 2. The van der Waals surface area contributed by atoms with Crippen LogP contribution >= 0.6 is 34.2 Å². The van der Waals surface area contributed by atoms with Crippen LogP contribution in [-0.2, 0) is 0 Å². The summed E-state index contributed by atoms with van der Waals surface area (Å²) in [6, 6.07) is 3.74. The highest BCUT2D eigenvalue weighted by Crippen LogP contribution is 2.23. The molecule has 0 aliphatic heterocycles. The molecule has 0 radical (unpaired) electrons. The molecule has 0 aliphatic carbocycles. The topological polar surface area (TPSA) is 66.0 Å². The number of aromatic hydroxyl groups is 1. The second kappa shape index (κ2) is 4.61. The molecule has 17 heavy (non-hydrogen) atoms. The first-order chi connectivity index (χ1) is 7.97. The quantitative estimate of drug-likeness (QED) is 0.762. The fourth-order valence-corrected chi connectivity index (χ4v) is 1.75. The van der Waals surface area contributed by atoms with Crippen molar-refractivity contribution in [2.24, 2.45) is 0 Å². The van der Waals surface area contributed by atoms with Gasteiger partial charge in [-0.1, -0.05) is 11.6 Å². The Morgan fingerprint density at radius 2 is 2.12 bits per heavy atom. The highest BCUT2D eigenvalue weighted by Gasteiger charge is 2.10. The molecule has 0 aliphatic rings. The van der Waals surface area contributed by atoms with Gasteiger partial charge in [-0.15, -0.1) is 0 Å². The molecule has 0 bridgehead atoms. The third-order valence-electron chi connectivity index (χ3n) is 1.98. The summed E-state index contributed by atoms with van der Waals surface area (Å²) in [5, 5.41) is 9.60. The van der Waals surface area contributed by atoms with Gasteiger partial charge < -0.3 is 10.1 Å². The van der Waals surface area contributed by atoms with Gasteiger partial charge in [0.05, 0.1) is 0 Å². The Morgan fingerprint density at radius 1 is 1.41 bits per heavy atom. The Balaban J connectivity index is 2.65. The lowest BCUT2D eigenvalue weighted by atomic mass is 10.2. The minimum Gasteiger partial charge on any atom is -0.492 e. The van der Waals surface area contributed by atoms with E-state index >= 15 is 0 Å². The largest absolute Gasteiger partial charge is 0.492 e. The lowest BCUT2D eigenvalue weighted by Gasteiger charge is -2.03. The third kappa shape index (κ3) is 2.58. The van der Waals surface area contributed by atoms with E-state index in [9.17, 15) is 14.3 Å². The zero-order valence-corrected chi connectivity index (χ0v) is 11.1. The summed E-state index contributed by atoms with van der Waals surface area (Å²) in [4.78, 5) is 17.6. The van der Waals surface area contributed by atoms with Crippen LogP contribution in [0.5, 0.6) is 5.88 Å². The van der Waals surface area contributed by atoms with Crippen molar-refractivity contribution < 1.29 is 9.50 Å². The van der Waals surface area contributed by atoms with Gasteiger partial charge >= 0.3 is 0 Å². The molecule has 1 heterocycles. The van der Waals surface area contributed by atoms with Crippen molar-refractivity contribution in [1.29, 1.82) is 0 Å². The van der Waals surface area contributed by atoms with Crippen molar-refractivity contribution in [2.75, 3.05) is 0 Å². The van der Waals surface area contributed by atoms with Crippen LogP contribution in [0.3, 0.4) is 0 Å². The maximum atomic E-state index is 13.1. The number of nitrogens with zero attached hydrogens (tertiary/aromatic N) is 1. The SMILES string of the molecule is O=c1[nH]c(-c2cc(F)cc(Cl)c2)nc(O)c1I. The van der Waals surface area contributed by atoms with Crippen molar-refractivity contribution in [2.45, 2.75) is 0 Å². The number of halogens is 3. The molecular formula is C10H5ClFIN2O2. The molecule has 0 unspecified atom stereocenters. The molecule has 1 aromatic heterocycles. The predicted molar refractivity (Wildman–Crippen MR) is 69.6 cm³/mol. The van der Waals surface area contributed by atoms with Crippen LogP contribution in [0, 0.1) is 9.39 Å². The van der Waals surface area contributed by atoms with Gasteiger partial charge in [-0.25, -0.2) is 4.39 Å². The monoisotopic (exact) mass is 366 g/mol. The molecule has 0 saturated heterocycles. The summed E-state index contributed by atoms with van der Waals surface area (Å²) < 4.78 is 13.2. The van der Waals surface area contributed by atoms with E-state index in [1.54, 1.807) is 22.6 Å². The van der Waals surface area contributed by atoms with E-state index in [1.165, 1.54) is 6.07 Å². The fraction of sp³-hybridized carbons (Fsp3) is 0. The minimum absolute atomic E-state index is 0.0642. The van der Waals surface area contributed by atoms with Crippen LogP contribution in [-0.4, -0.2) is 15.1 Å². The maximum Gasteiger partial charge on any atom is 0.268 e. The molecule has 1 aromatic carbocycles. The fourth-order valence-electron chi connectivity index (χ4n) is 1.27. The van der Waals surface area contributed by atoms with Crippen molar-refractivity contribution in [1.82, 2.24) is 9.97 Å². The number of nitrogens with one attached hydrogen (secondary N) is 1. The molecule has 88 valence electrons. The van der Waals surface area contributed by atoms with Crippen LogP contribution in [0.15, 0.2) is 23.0 Å². The van der Waals surface area contributed by atoms with E-state index in [-0.39, 0.29) is 14.4 Å². The molecule has 4 nitrogen and oxygen atoms in total. The third-order valence-corrected chi connectivity index (χ3v) is 3.17.